The Hall–Kier alpha value is -1.68. The van der Waals surface area contributed by atoms with Crippen molar-refractivity contribution in [2.45, 2.75) is 6.54 Å². The van der Waals surface area contributed by atoms with Gasteiger partial charge in [-0.1, -0.05) is 30.3 Å². The molecule has 0 aliphatic carbocycles. The molecule has 0 amide bonds. The second-order valence-corrected chi connectivity index (χ2v) is 4.73. The van der Waals surface area contributed by atoms with Gasteiger partial charge in [-0.15, -0.1) is 0 Å². The first-order valence-corrected chi connectivity index (χ1v) is 6.13. The molecular formula is C13H10BrN3. The highest BCUT2D eigenvalue weighted by Gasteiger charge is 2.04. The zero-order valence-corrected chi connectivity index (χ0v) is 10.6. The lowest BCUT2D eigenvalue weighted by molar-refractivity contribution is 0.695. The lowest BCUT2D eigenvalue weighted by atomic mass is 10.2. The van der Waals surface area contributed by atoms with E-state index < -0.39 is 0 Å². The molecule has 0 radical (unpaired) electrons. The van der Waals surface area contributed by atoms with Gasteiger partial charge in [-0.3, -0.25) is 9.67 Å². The topological polar surface area (TPSA) is 30.7 Å². The molecular weight excluding hydrogens is 278 g/mol. The number of halogens is 1. The van der Waals surface area contributed by atoms with Crippen molar-refractivity contribution in [2.24, 2.45) is 0 Å². The average Bonchev–Trinajstić information content (AvgIpc) is 2.74. The Morgan fingerprint density at radius 3 is 2.71 bits per heavy atom. The lowest BCUT2D eigenvalue weighted by Gasteiger charge is -2.00. The van der Waals surface area contributed by atoms with Crippen LogP contribution in [-0.2, 0) is 6.54 Å². The fourth-order valence-electron chi connectivity index (χ4n) is 1.81. The molecule has 0 saturated heterocycles. The predicted octanol–water partition coefficient (Wildman–Crippen LogP) is 3.24. The van der Waals surface area contributed by atoms with E-state index in [1.54, 1.807) is 6.20 Å². The Kier molecular flexibility index (Phi) is 2.65. The highest BCUT2D eigenvalue weighted by molar-refractivity contribution is 9.10. The van der Waals surface area contributed by atoms with Crippen LogP contribution in [0.5, 0.6) is 0 Å². The minimum atomic E-state index is 0.780. The fourth-order valence-corrected chi connectivity index (χ4v) is 2.24. The number of nitrogens with zero attached hydrogens (tertiary/aromatic N) is 3. The van der Waals surface area contributed by atoms with Crippen molar-refractivity contribution in [2.75, 3.05) is 0 Å². The monoisotopic (exact) mass is 287 g/mol. The van der Waals surface area contributed by atoms with Gasteiger partial charge in [-0.25, -0.2) is 0 Å². The van der Waals surface area contributed by atoms with Crippen molar-refractivity contribution in [3.8, 4) is 0 Å². The molecule has 1 aromatic carbocycles. The minimum absolute atomic E-state index is 0.780. The van der Waals surface area contributed by atoms with Gasteiger partial charge >= 0.3 is 0 Å². The van der Waals surface area contributed by atoms with Gasteiger partial charge in [-0.2, -0.15) is 5.10 Å². The van der Waals surface area contributed by atoms with E-state index >= 15 is 0 Å². The van der Waals surface area contributed by atoms with Crippen LogP contribution >= 0.6 is 15.9 Å². The predicted molar refractivity (Wildman–Crippen MR) is 70.8 cm³/mol. The normalized spacial score (nSPS) is 10.9. The Bertz CT molecular complexity index is 646. The van der Waals surface area contributed by atoms with E-state index in [2.05, 4.69) is 38.1 Å². The first-order valence-electron chi connectivity index (χ1n) is 5.33. The molecule has 0 atom stereocenters. The molecule has 0 N–H and O–H groups in total. The largest absolute Gasteiger partial charge is 0.267 e. The molecule has 3 rings (SSSR count). The number of fused-ring (bicyclic) bond motifs is 1. The van der Waals surface area contributed by atoms with E-state index in [-0.39, 0.29) is 0 Å². The number of rotatable bonds is 2. The number of pyridine rings is 1. The quantitative estimate of drug-likeness (QED) is 0.724. The van der Waals surface area contributed by atoms with Gasteiger partial charge in [0.15, 0.2) is 0 Å². The summed E-state index contributed by atoms with van der Waals surface area (Å²) in [6, 6.07) is 10.3. The van der Waals surface area contributed by atoms with Gasteiger partial charge in [0.05, 0.1) is 11.0 Å². The van der Waals surface area contributed by atoms with Crippen LogP contribution in [0, 0.1) is 0 Å². The van der Waals surface area contributed by atoms with E-state index in [0.717, 1.165) is 21.9 Å². The Morgan fingerprint density at radius 2 is 1.94 bits per heavy atom. The maximum absolute atomic E-state index is 4.54. The molecule has 84 valence electrons. The summed E-state index contributed by atoms with van der Waals surface area (Å²) in [5, 5.41) is 5.59. The summed E-state index contributed by atoms with van der Waals surface area (Å²) in [6.07, 6.45) is 5.61. The van der Waals surface area contributed by atoms with Crippen molar-refractivity contribution in [1.29, 1.82) is 0 Å². The van der Waals surface area contributed by atoms with Crippen molar-refractivity contribution < 1.29 is 0 Å². The van der Waals surface area contributed by atoms with Gasteiger partial charge in [0.1, 0.15) is 5.52 Å². The molecule has 2 heterocycles. The molecule has 4 heteroatoms. The maximum atomic E-state index is 4.54. The van der Waals surface area contributed by atoms with E-state index in [1.807, 2.05) is 35.3 Å². The van der Waals surface area contributed by atoms with E-state index in [0.29, 0.717) is 0 Å². The molecule has 0 unspecified atom stereocenters. The third-order valence-corrected chi connectivity index (χ3v) is 3.19. The van der Waals surface area contributed by atoms with Crippen molar-refractivity contribution >= 4 is 26.8 Å². The first kappa shape index (κ1) is 10.5. The first-order chi connectivity index (χ1) is 8.33. The van der Waals surface area contributed by atoms with E-state index in [4.69, 9.17) is 0 Å². The SMILES string of the molecule is Brc1cncc2cn(Cc3ccccc3)nc12. The average molecular weight is 288 g/mol. The number of hydrogen-bond donors (Lipinski definition) is 0. The van der Waals surface area contributed by atoms with Crippen LogP contribution in [0.25, 0.3) is 10.9 Å². The summed E-state index contributed by atoms with van der Waals surface area (Å²) in [6.45, 7) is 0.780. The molecule has 0 fully saturated rings. The van der Waals surface area contributed by atoms with Crippen molar-refractivity contribution in [3.05, 3.63) is 59.0 Å². The highest BCUT2D eigenvalue weighted by atomic mass is 79.9. The molecule has 2 aromatic heterocycles. The van der Waals surface area contributed by atoms with Crippen LogP contribution in [0.1, 0.15) is 5.56 Å². The Labute approximate surface area is 107 Å². The number of aromatic nitrogens is 3. The summed E-state index contributed by atoms with van der Waals surface area (Å²) < 4.78 is 2.87. The summed E-state index contributed by atoms with van der Waals surface area (Å²) in [7, 11) is 0. The van der Waals surface area contributed by atoms with E-state index in [1.165, 1.54) is 5.56 Å². The van der Waals surface area contributed by atoms with Gasteiger partial charge in [0, 0.05) is 24.0 Å². The Morgan fingerprint density at radius 1 is 1.12 bits per heavy atom. The molecule has 0 aliphatic heterocycles. The highest BCUT2D eigenvalue weighted by Crippen LogP contribution is 2.20. The summed E-state index contributed by atoms with van der Waals surface area (Å²) in [5.41, 5.74) is 2.19. The van der Waals surface area contributed by atoms with Crippen molar-refractivity contribution in [1.82, 2.24) is 14.8 Å². The molecule has 0 bridgehead atoms. The minimum Gasteiger partial charge on any atom is -0.267 e. The van der Waals surface area contributed by atoms with Gasteiger partial charge in [-0.05, 0) is 21.5 Å². The van der Waals surface area contributed by atoms with Crippen LogP contribution in [-0.4, -0.2) is 14.8 Å². The lowest BCUT2D eigenvalue weighted by Crippen LogP contribution is -1.99. The second kappa shape index (κ2) is 4.30. The summed E-state index contributed by atoms with van der Waals surface area (Å²) in [4.78, 5) is 4.13. The zero-order chi connectivity index (χ0) is 11.7. The summed E-state index contributed by atoms with van der Waals surface area (Å²) >= 11 is 3.46. The number of benzene rings is 1. The van der Waals surface area contributed by atoms with Crippen LogP contribution < -0.4 is 0 Å². The smallest absolute Gasteiger partial charge is 0.110 e. The summed E-state index contributed by atoms with van der Waals surface area (Å²) in [5.74, 6) is 0. The van der Waals surface area contributed by atoms with Crippen LogP contribution in [0.2, 0.25) is 0 Å². The third kappa shape index (κ3) is 2.08. The van der Waals surface area contributed by atoms with Gasteiger partial charge in [0.25, 0.3) is 0 Å². The fraction of sp³-hybridized carbons (Fsp3) is 0.0769. The van der Waals surface area contributed by atoms with Gasteiger partial charge < -0.3 is 0 Å². The van der Waals surface area contributed by atoms with Crippen LogP contribution in [0.15, 0.2) is 53.4 Å². The van der Waals surface area contributed by atoms with Gasteiger partial charge in [0.2, 0.25) is 0 Å². The third-order valence-electron chi connectivity index (χ3n) is 2.61. The van der Waals surface area contributed by atoms with Crippen LogP contribution in [0.3, 0.4) is 0 Å². The van der Waals surface area contributed by atoms with Crippen molar-refractivity contribution in [3.63, 3.8) is 0 Å². The van der Waals surface area contributed by atoms with Crippen LogP contribution in [0.4, 0.5) is 0 Å². The molecule has 0 saturated carbocycles. The Balaban J connectivity index is 1.99. The molecule has 3 aromatic rings. The maximum Gasteiger partial charge on any atom is 0.110 e. The molecule has 0 spiro atoms. The van der Waals surface area contributed by atoms with E-state index in [9.17, 15) is 0 Å². The molecule has 17 heavy (non-hydrogen) atoms. The molecule has 3 nitrogen and oxygen atoms in total. The standard InChI is InChI=1S/C13H10BrN3/c14-12-7-15-6-11-9-17(16-13(11)12)8-10-4-2-1-3-5-10/h1-7,9H,8H2. The number of hydrogen-bond acceptors (Lipinski definition) is 2. The second-order valence-electron chi connectivity index (χ2n) is 3.87. The molecule has 0 aliphatic rings. The zero-order valence-electron chi connectivity index (χ0n) is 9.05.